The Morgan fingerprint density at radius 3 is 2.72 bits per heavy atom. The van der Waals surface area contributed by atoms with Gasteiger partial charge in [-0.05, 0) is 31.4 Å². The van der Waals surface area contributed by atoms with Crippen LogP contribution >= 0.6 is 0 Å². The largest absolute Gasteiger partial charge is 0.381 e. The average Bonchev–Trinajstić information content (AvgIpc) is 3.00. The lowest BCUT2D eigenvalue weighted by Crippen LogP contribution is -2.04. The number of hydrogen-bond donors (Lipinski definition) is 1. The van der Waals surface area contributed by atoms with Gasteiger partial charge in [0.2, 0.25) is 0 Å². The molecule has 6 heteroatoms. The predicted molar refractivity (Wildman–Crippen MR) is 97.7 cm³/mol. The molecule has 0 saturated heterocycles. The van der Waals surface area contributed by atoms with Gasteiger partial charge >= 0.3 is 0 Å². The molecule has 0 bridgehead atoms. The van der Waals surface area contributed by atoms with E-state index in [0.29, 0.717) is 28.6 Å². The number of anilines is 1. The fourth-order valence-corrected chi connectivity index (χ4v) is 2.96. The lowest BCUT2D eigenvalue weighted by molar-refractivity contribution is 0.534. The Morgan fingerprint density at radius 2 is 2.00 bits per heavy atom. The lowest BCUT2D eigenvalue weighted by atomic mass is 10.1. The molecule has 0 radical (unpaired) electrons. The zero-order valence-electron chi connectivity index (χ0n) is 15.0. The molecule has 2 heterocycles. The summed E-state index contributed by atoms with van der Waals surface area (Å²) >= 11 is 0. The summed E-state index contributed by atoms with van der Waals surface area (Å²) in [6.45, 7) is 6.36. The summed E-state index contributed by atoms with van der Waals surface area (Å²) < 4.78 is 15.3. The molecule has 0 aliphatic carbocycles. The molecule has 0 atom stereocenters. The van der Waals surface area contributed by atoms with Crippen molar-refractivity contribution in [3.05, 3.63) is 41.6 Å². The number of benzene rings is 1. The van der Waals surface area contributed by atoms with Crippen molar-refractivity contribution < 1.29 is 4.39 Å². The van der Waals surface area contributed by atoms with Crippen molar-refractivity contribution in [1.29, 1.82) is 0 Å². The van der Waals surface area contributed by atoms with Crippen LogP contribution in [0.15, 0.2) is 24.3 Å². The molecule has 0 fully saturated rings. The summed E-state index contributed by atoms with van der Waals surface area (Å²) in [5, 5.41) is 4.59. The Morgan fingerprint density at radius 1 is 1.20 bits per heavy atom. The lowest BCUT2D eigenvalue weighted by Gasteiger charge is -2.08. The van der Waals surface area contributed by atoms with Crippen molar-refractivity contribution in [3.8, 4) is 11.3 Å². The molecule has 3 aromatic rings. The van der Waals surface area contributed by atoms with Crippen LogP contribution in [0.1, 0.15) is 44.6 Å². The maximum Gasteiger partial charge on any atom is 0.198 e. The van der Waals surface area contributed by atoms with E-state index in [0.717, 1.165) is 30.8 Å². The monoisotopic (exact) mass is 341 g/mol. The van der Waals surface area contributed by atoms with Crippen LogP contribution in [0, 0.1) is 18.7 Å². The van der Waals surface area contributed by atoms with Gasteiger partial charge in [-0.25, -0.2) is 18.9 Å². The molecule has 0 saturated carbocycles. The number of hydrogen-bond acceptors (Lipinski definition) is 4. The van der Waals surface area contributed by atoms with E-state index in [2.05, 4.69) is 28.9 Å². The number of nitrogens with two attached hydrogens (primary N) is 1. The van der Waals surface area contributed by atoms with Gasteiger partial charge in [-0.3, -0.25) is 0 Å². The number of nitrogen functional groups attached to an aromatic ring is 1. The maximum atomic E-state index is 13.5. The number of nitrogens with zero attached hydrogens (tertiary/aromatic N) is 4. The zero-order valence-corrected chi connectivity index (χ0v) is 15.0. The Labute approximate surface area is 147 Å². The first-order valence-corrected chi connectivity index (χ1v) is 8.73. The Kier molecular flexibility index (Phi) is 4.97. The molecule has 1 aromatic carbocycles. The highest BCUT2D eigenvalue weighted by Crippen LogP contribution is 2.25. The van der Waals surface area contributed by atoms with Gasteiger partial charge in [0.1, 0.15) is 5.82 Å². The Bertz CT molecular complexity index is 885. The van der Waals surface area contributed by atoms with E-state index in [4.69, 9.17) is 5.73 Å². The molecular formula is C19H24FN5. The standard InChI is InChI=1S/C19H24FN5/c1-12(2)7-4-5-10-16-22-19-18(21)23-17(13(3)25(19)24-16)14-8-6-9-15(20)11-14/h6,8-9,11-12H,4-5,7,10H2,1-3H3,(H2,21,23). The van der Waals surface area contributed by atoms with E-state index in [1.807, 2.05) is 13.0 Å². The molecule has 5 nitrogen and oxygen atoms in total. The first-order valence-electron chi connectivity index (χ1n) is 8.73. The number of halogens is 1. The van der Waals surface area contributed by atoms with Crippen molar-refractivity contribution in [2.75, 3.05) is 5.73 Å². The molecule has 2 N–H and O–H groups in total. The number of fused-ring (bicyclic) bond motifs is 1. The fraction of sp³-hybridized carbons (Fsp3) is 0.421. The third-order valence-corrected chi connectivity index (χ3v) is 4.30. The van der Waals surface area contributed by atoms with E-state index in [9.17, 15) is 4.39 Å². The van der Waals surface area contributed by atoms with Crippen molar-refractivity contribution >= 4 is 11.5 Å². The second-order valence-electron chi connectivity index (χ2n) is 6.84. The van der Waals surface area contributed by atoms with Crippen LogP contribution in [-0.4, -0.2) is 19.6 Å². The molecule has 0 aliphatic heterocycles. The van der Waals surface area contributed by atoms with Gasteiger partial charge in [0.25, 0.3) is 0 Å². The predicted octanol–water partition coefficient (Wildman–Crippen LogP) is 4.19. The second kappa shape index (κ2) is 7.17. The van der Waals surface area contributed by atoms with Crippen LogP contribution in [0.25, 0.3) is 16.9 Å². The second-order valence-corrected chi connectivity index (χ2v) is 6.84. The third kappa shape index (κ3) is 3.78. The van der Waals surface area contributed by atoms with Crippen LogP contribution < -0.4 is 5.73 Å². The molecule has 3 rings (SSSR count). The molecule has 25 heavy (non-hydrogen) atoms. The van der Waals surface area contributed by atoms with E-state index in [-0.39, 0.29) is 5.82 Å². The van der Waals surface area contributed by atoms with Crippen LogP contribution in [-0.2, 0) is 6.42 Å². The average molecular weight is 341 g/mol. The number of rotatable bonds is 6. The van der Waals surface area contributed by atoms with Gasteiger partial charge in [-0.1, -0.05) is 38.8 Å². The number of aryl methyl sites for hydroxylation is 2. The maximum absolute atomic E-state index is 13.5. The summed E-state index contributed by atoms with van der Waals surface area (Å²) in [6, 6.07) is 6.33. The van der Waals surface area contributed by atoms with E-state index in [1.165, 1.54) is 18.6 Å². The van der Waals surface area contributed by atoms with Gasteiger partial charge in [0.15, 0.2) is 17.3 Å². The van der Waals surface area contributed by atoms with Gasteiger partial charge in [-0.2, -0.15) is 5.10 Å². The van der Waals surface area contributed by atoms with Gasteiger partial charge in [-0.15, -0.1) is 0 Å². The highest BCUT2D eigenvalue weighted by atomic mass is 19.1. The van der Waals surface area contributed by atoms with E-state index in [1.54, 1.807) is 10.6 Å². The number of unbranched alkanes of at least 4 members (excludes halogenated alkanes) is 1. The topological polar surface area (TPSA) is 69.1 Å². The molecule has 0 spiro atoms. The van der Waals surface area contributed by atoms with E-state index < -0.39 is 0 Å². The molecule has 0 amide bonds. The quantitative estimate of drug-likeness (QED) is 0.683. The highest BCUT2D eigenvalue weighted by Gasteiger charge is 2.15. The smallest absolute Gasteiger partial charge is 0.198 e. The van der Waals surface area contributed by atoms with Crippen molar-refractivity contribution in [2.45, 2.75) is 46.5 Å². The Balaban J connectivity index is 1.91. The van der Waals surface area contributed by atoms with Crippen molar-refractivity contribution in [1.82, 2.24) is 19.6 Å². The van der Waals surface area contributed by atoms with Crippen molar-refractivity contribution in [3.63, 3.8) is 0 Å². The van der Waals surface area contributed by atoms with Crippen LogP contribution in [0.5, 0.6) is 0 Å². The third-order valence-electron chi connectivity index (χ3n) is 4.30. The zero-order chi connectivity index (χ0) is 18.0. The first kappa shape index (κ1) is 17.3. The van der Waals surface area contributed by atoms with Gasteiger partial charge in [0.05, 0.1) is 11.4 Å². The minimum absolute atomic E-state index is 0.304. The van der Waals surface area contributed by atoms with Gasteiger partial charge < -0.3 is 5.73 Å². The first-order chi connectivity index (χ1) is 12.0. The Hall–Kier alpha value is -2.50. The molecule has 0 unspecified atom stereocenters. The SMILES string of the molecule is Cc1c(-c2cccc(F)c2)nc(N)c2nc(CCCCC(C)C)nn12. The van der Waals surface area contributed by atoms with E-state index >= 15 is 0 Å². The summed E-state index contributed by atoms with van der Waals surface area (Å²) in [5.74, 6) is 1.49. The fourth-order valence-electron chi connectivity index (χ4n) is 2.96. The van der Waals surface area contributed by atoms with Crippen LogP contribution in [0.4, 0.5) is 10.2 Å². The molecule has 2 aromatic heterocycles. The van der Waals surface area contributed by atoms with Crippen molar-refractivity contribution in [2.24, 2.45) is 5.92 Å². The molecular weight excluding hydrogens is 317 g/mol. The number of aromatic nitrogens is 4. The minimum atomic E-state index is -0.304. The summed E-state index contributed by atoms with van der Waals surface area (Å²) in [5.41, 5.74) is 8.76. The summed E-state index contributed by atoms with van der Waals surface area (Å²) in [4.78, 5) is 8.97. The van der Waals surface area contributed by atoms with Gasteiger partial charge in [0, 0.05) is 12.0 Å². The molecule has 0 aliphatic rings. The van der Waals surface area contributed by atoms with Crippen LogP contribution in [0.2, 0.25) is 0 Å². The highest BCUT2D eigenvalue weighted by molar-refractivity contribution is 5.69. The normalized spacial score (nSPS) is 11.6. The molecule has 132 valence electrons. The summed E-state index contributed by atoms with van der Waals surface area (Å²) in [7, 11) is 0. The summed E-state index contributed by atoms with van der Waals surface area (Å²) in [6.07, 6.45) is 4.25. The van der Waals surface area contributed by atoms with Crippen LogP contribution in [0.3, 0.4) is 0 Å². The minimum Gasteiger partial charge on any atom is -0.381 e.